The number of nitrogens with one attached hydrogen (secondary N) is 2. The zero-order chi connectivity index (χ0) is 30.0. The minimum absolute atomic E-state index is 0.0101. The third kappa shape index (κ3) is 7.28. The lowest BCUT2D eigenvalue weighted by molar-refractivity contribution is -0.144. The summed E-state index contributed by atoms with van der Waals surface area (Å²) < 4.78 is 5.35. The van der Waals surface area contributed by atoms with Gasteiger partial charge in [0.25, 0.3) is 5.91 Å². The van der Waals surface area contributed by atoms with Crippen LogP contribution in [0.1, 0.15) is 80.1 Å². The summed E-state index contributed by atoms with van der Waals surface area (Å²) >= 11 is 0. The molecule has 2 aliphatic carbocycles. The molecule has 1 aliphatic heterocycles. The van der Waals surface area contributed by atoms with E-state index in [0.29, 0.717) is 13.0 Å². The molecule has 40 heavy (non-hydrogen) atoms. The van der Waals surface area contributed by atoms with E-state index < -0.39 is 53.3 Å². The molecular formula is C29H44N4O7. The van der Waals surface area contributed by atoms with Crippen LogP contribution in [0.3, 0.4) is 0 Å². The van der Waals surface area contributed by atoms with Crippen LogP contribution in [0.4, 0.5) is 4.79 Å². The first-order chi connectivity index (χ1) is 18.6. The molecule has 5 atom stereocenters. The molecule has 0 aromatic heterocycles. The number of allylic oxidation sites excluding steroid dienone is 2. The van der Waals surface area contributed by atoms with Crippen LogP contribution in [0.5, 0.6) is 0 Å². The normalized spacial score (nSPS) is 24.9. The molecule has 1 heterocycles. The molecular weight excluding hydrogens is 516 g/mol. The van der Waals surface area contributed by atoms with Crippen molar-refractivity contribution in [2.75, 3.05) is 6.54 Å². The molecule has 0 radical (unpaired) electrons. The van der Waals surface area contributed by atoms with Crippen molar-refractivity contribution in [3.63, 3.8) is 0 Å². The minimum atomic E-state index is -1.11. The molecule has 0 spiro atoms. The van der Waals surface area contributed by atoms with E-state index in [9.17, 15) is 28.8 Å². The molecule has 0 bridgehead atoms. The van der Waals surface area contributed by atoms with Gasteiger partial charge in [-0.2, -0.15) is 0 Å². The Morgan fingerprint density at radius 3 is 2.25 bits per heavy atom. The number of hydrogen-bond donors (Lipinski definition) is 3. The lowest BCUT2D eigenvalue weighted by Gasteiger charge is -2.34. The first-order valence-corrected chi connectivity index (χ1v) is 14.2. The van der Waals surface area contributed by atoms with Crippen LogP contribution >= 0.6 is 0 Å². The topological polar surface area (TPSA) is 165 Å². The van der Waals surface area contributed by atoms with Crippen molar-refractivity contribution in [3.05, 3.63) is 12.2 Å². The zero-order valence-corrected chi connectivity index (χ0v) is 24.5. The number of amides is 4. The monoisotopic (exact) mass is 560 g/mol. The maximum absolute atomic E-state index is 13.9. The van der Waals surface area contributed by atoms with E-state index in [1.807, 2.05) is 13.8 Å². The minimum Gasteiger partial charge on any atom is -0.444 e. The Morgan fingerprint density at radius 1 is 1.07 bits per heavy atom. The molecule has 3 unspecified atom stereocenters. The number of Topliss-reactive ketones (excluding diaryl/α,β-unsaturated/α-hetero) is 1. The van der Waals surface area contributed by atoms with Gasteiger partial charge in [0.2, 0.25) is 17.6 Å². The van der Waals surface area contributed by atoms with Crippen LogP contribution in [0.15, 0.2) is 12.2 Å². The molecule has 1 saturated heterocycles. The van der Waals surface area contributed by atoms with E-state index in [0.717, 1.165) is 19.3 Å². The van der Waals surface area contributed by atoms with Crippen molar-refractivity contribution >= 4 is 35.4 Å². The van der Waals surface area contributed by atoms with E-state index in [2.05, 4.69) is 10.6 Å². The van der Waals surface area contributed by atoms with Crippen molar-refractivity contribution in [2.45, 2.75) is 104 Å². The Labute approximate surface area is 236 Å². The number of alkyl carbamates (subject to hydrolysis) is 1. The van der Waals surface area contributed by atoms with Gasteiger partial charge in [-0.05, 0) is 69.8 Å². The lowest BCUT2D eigenvalue weighted by Crippen LogP contribution is -2.58. The van der Waals surface area contributed by atoms with Crippen LogP contribution in [0.25, 0.3) is 0 Å². The third-order valence-corrected chi connectivity index (χ3v) is 8.45. The number of carbonyl (C=O) groups excluding carboxylic acids is 6. The third-order valence-electron chi connectivity index (χ3n) is 8.45. The van der Waals surface area contributed by atoms with Gasteiger partial charge in [0, 0.05) is 13.0 Å². The number of ether oxygens (including phenoxy) is 1. The summed E-state index contributed by atoms with van der Waals surface area (Å²) in [5.74, 6) is -3.07. The standard InChI is InChI=1S/C29H44N4O7/c1-7-9-17(34)12-13-19(32-27(39)40-28(2,3)4)26(38)33-15-18-21(29(18,5)6)22(33)25(37)31-20(23(35)24(30)36)14-16-10-8-11-16/h7,9,16,18-22H,8,10-15H2,1-6H3,(H2,30,36)(H,31,37)(H,32,39)/t18?,19-,20?,21-,22?/m0/s1. The lowest BCUT2D eigenvalue weighted by atomic mass is 9.80. The Balaban J connectivity index is 1.82. The Morgan fingerprint density at radius 2 is 1.73 bits per heavy atom. The highest BCUT2D eigenvalue weighted by Crippen LogP contribution is 2.65. The SMILES string of the molecule is CC=CC(=O)CC[C@H](NC(=O)OC(C)(C)C)C(=O)N1CC2[C@@H](C1C(=O)NC(CC1CCC1)C(=O)C(N)=O)C2(C)C. The highest BCUT2D eigenvalue weighted by atomic mass is 16.6. The molecule has 4 N–H and O–H groups in total. The zero-order valence-electron chi connectivity index (χ0n) is 24.5. The van der Waals surface area contributed by atoms with E-state index in [4.69, 9.17) is 10.5 Å². The van der Waals surface area contributed by atoms with Crippen LogP contribution in [0.2, 0.25) is 0 Å². The first kappa shape index (κ1) is 31.3. The number of nitrogens with two attached hydrogens (primary N) is 1. The van der Waals surface area contributed by atoms with Crippen LogP contribution in [0, 0.1) is 23.2 Å². The number of rotatable bonds is 12. The molecule has 222 valence electrons. The predicted octanol–water partition coefficient (Wildman–Crippen LogP) is 2.02. The molecule has 3 rings (SSSR count). The van der Waals surface area contributed by atoms with E-state index in [-0.39, 0.29) is 41.8 Å². The largest absolute Gasteiger partial charge is 0.444 e. The summed E-state index contributed by atoms with van der Waals surface area (Å²) in [5.41, 5.74) is 4.27. The summed E-state index contributed by atoms with van der Waals surface area (Å²) in [7, 11) is 0. The Kier molecular flexibility index (Phi) is 9.46. The van der Waals surface area contributed by atoms with Gasteiger partial charge in [-0.1, -0.05) is 39.2 Å². The fraction of sp³-hybridized carbons (Fsp3) is 0.724. The second kappa shape index (κ2) is 12.1. The van der Waals surface area contributed by atoms with Gasteiger partial charge in [0.1, 0.15) is 17.7 Å². The number of nitrogens with zero attached hydrogens (tertiary/aromatic N) is 1. The van der Waals surface area contributed by atoms with Crippen LogP contribution in [-0.4, -0.2) is 70.6 Å². The van der Waals surface area contributed by atoms with Crippen molar-refractivity contribution in [1.29, 1.82) is 0 Å². The van der Waals surface area contributed by atoms with Gasteiger partial charge >= 0.3 is 6.09 Å². The van der Waals surface area contributed by atoms with E-state index in [1.165, 1.54) is 11.0 Å². The summed E-state index contributed by atoms with van der Waals surface area (Å²) in [4.78, 5) is 78.1. The van der Waals surface area contributed by atoms with Gasteiger partial charge < -0.3 is 26.0 Å². The predicted molar refractivity (Wildman–Crippen MR) is 147 cm³/mol. The molecule has 0 aromatic rings. The average Bonchev–Trinajstić information content (AvgIpc) is 3.14. The molecule has 2 saturated carbocycles. The summed E-state index contributed by atoms with van der Waals surface area (Å²) in [5, 5.41) is 5.34. The highest BCUT2D eigenvalue weighted by molar-refractivity contribution is 6.37. The van der Waals surface area contributed by atoms with E-state index in [1.54, 1.807) is 33.8 Å². The molecule has 11 nitrogen and oxygen atoms in total. The summed E-state index contributed by atoms with van der Waals surface area (Å²) in [6.07, 6.45) is 5.40. The molecule has 11 heteroatoms. The van der Waals surface area contributed by atoms with Crippen molar-refractivity contribution in [3.8, 4) is 0 Å². The number of piperidine rings is 1. The average molecular weight is 561 g/mol. The number of likely N-dealkylation sites (tertiary alicyclic amines) is 1. The number of fused-ring (bicyclic) bond motifs is 1. The fourth-order valence-corrected chi connectivity index (χ4v) is 6.00. The summed E-state index contributed by atoms with van der Waals surface area (Å²) in [6.45, 7) is 11.1. The fourth-order valence-electron chi connectivity index (χ4n) is 6.00. The molecule has 3 aliphatic rings. The highest BCUT2D eigenvalue weighted by Gasteiger charge is 2.69. The summed E-state index contributed by atoms with van der Waals surface area (Å²) in [6, 6.07) is -3.05. The molecule has 0 aromatic carbocycles. The molecule has 3 fully saturated rings. The smallest absolute Gasteiger partial charge is 0.408 e. The number of hydrogen-bond acceptors (Lipinski definition) is 7. The van der Waals surface area contributed by atoms with Gasteiger partial charge in [0.05, 0.1) is 6.04 Å². The van der Waals surface area contributed by atoms with Crippen molar-refractivity contribution in [1.82, 2.24) is 15.5 Å². The number of primary amides is 1. The van der Waals surface area contributed by atoms with Crippen LogP contribution < -0.4 is 16.4 Å². The maximum atomic E-state index is 13.9. The second-order valence-corrected chi connectivity index (χ2v) is 12.9. The van der Waals surface area contributed by atoms with Crippen molar-refractivity contribution in [2.24, 2.45) is 28.9 Å². The Hall–Kier alpha value is -3.24. The van der Waals surface area contributed by atoms with E-state index >= 15 is 0 Å². The molecule has 4 amide bonds. The van der Waals surface area contributed by atoms with Crippen LogP contribution in [-0.2, 0) is 28.7 Å². The number of ketones is 2. The van der Waals surface area contributed by atoms with Gasteiger partial charge in [-0.15, -0.1) is 0 Å². The second-order valence-electron chi connectivity index (χ2n) is 12.9. The van der Waals surface area contributed by atoms with Gasteiger partial charge in [-0.25, -0.2) is 4.79 Å². The first-order valence-electron chi connectivity index (χ1n) is 14.2. The maximum Gasteiger partial charge on any atom is 0.408 e. The quantitative estimate of drug-likeness (QED) is 0.243. The van der Waals surface area contributed by atoms with Gasteiger partial charge in [-0.3, -0.25) is 24.0 Å². The Bertz CT molecular complexity index is 1070. The van der Waals surface area contributed by atoms with Crippen molar-refractivity contribution < 1.29 is 33.5 Å². The number of carbonyl (C=O) groups is 6. The van der Waals surface area contributed by atoms with Gasteiger partial charge in [0.15, 0.2) is 5.78 Å².